The lowest BCUT2D eigenvalue weighted by Gasteiger charge is -2.33. The lowest BCUT2D eigenvalue weighted by atomic mass is 9.84. The number of alkyl halides is 3. The normalized spacial score (nSPS) is 18.3. The van der Waals surface area contributed by atoms with E-state index >= 15 is 0 Å². The largest absolute Gasteiger partial charge is 0.421 e. The second-order valence-electron chi connectivity index (χ2n) is 10.8. The van der Waals surface area contributed by atoms with Gasteiger partial charge in [0.25, 0.3) is 0 Å². The number of allylic oxidation sites excluding steroid dienone is 2. The van der Waals surface area contributed by atoms with Crippen molar-refractivity contribution < 1.29 is 18.0 Å². The molecule has 3 heterocycles. The lowest BCUT2D eigenvalue weighted by Crippen LogP contribution is -2.36. The third kappa shape index (κ3) is 8.86. The van der Waals surface area contributed by atoms with Gasteiger partial charge in [0, 0.05) is 43.4 Å². The Bertz CT molecular complexity index is 912. The fourth-order valence-electron chi connectivity index (χ4n) is 4.94. The summed E-state index contributed by atoms with van der Waals surface area (Å²) in [5.41, 5.74) is -0.188. The van der Waals surface area contributed by atoms with E-state index in [-0.39, 0.29) is 29.6 Å². The fourth-order valence-corrected chi connectivity index (χ4v) is 4.94. The van der Waals surface area contributed by atoms with Crippen LogP contribution in [0.2, 0.25) is 0 Å². The molecule has 2 saturated heterocycles. The quantitative estimate of drug-likeness (QED) is 0.331. The van der Waals surface area contributed by atoms with Gasteiger partial charge in [-0.3, -0.25) is 4.79 Å². The monoisotopic (exact) mass is 524 g/mol. The average molecular weight is 525 g/mol. The number of nitrogens with zero attached hydrogens (tertiary/aromatic N) is 4. The third-order valence-corrected chi connectivity index (χ3v) is 7.30. The van der Waals surface area contributed by atoms with Crippen LogP contribution in [0, 0.1) is 5.41 Å². The lowest BCUT2D eigenvalue weighted by molar-refractivity contribution is -0.137. The van der Waals surface area contributed by atoms with E-state index in [9.17, 15) is 18.0 Å². The zero-order valence-corrected chi connectivity index (χ0v) is 22.6. The van der Waals surface area contributed by atoms with Gasteiger partial charge < -0.3 is 20.4 Å². The molecule has 7 nitrogen and oxygen atoms in total. The summed E-state index contributed by atoms with van der Waals surface area (Å²) in [5, 5.41) is 6.09. The van der Waals surface area contributed by atoms with Crippen molar-refractivity contribution in [2.75, 3.05) is 49.9 Å². The van der Waals surface area contributed by atoms with Crippen LogP contribution in [-0.2, 0) is 11.0 Å². The topological polar surface area (TPSA) is 73.4 Å². The molecule has 0 spiro atoms. The van der Waals surface area contributed by atoms with Gasteiger partial charge in [-0.1, -0.05) is 33.3 Å². The van der Waals surface area contributed by atoms with E-state index in [0.717, 1.165) is 57.2 Å². The molecule has 208 valence electrons. The summed E-state index contributed by atoms with van der Waals surface area (Å²) < 4.78 is 41.0. The van der Waals surface area contributed by atoms with E-state index in [4.69, 9.17) is 0 Å². The summed E-state index contributed by atoms with van der Waals surface area (Å²) in [6.45, 7) is 11.1. The molecule has 2 aliphatic heterocycles. The molecule has 0 unspecified atom stereocenters. The Labute approximate surface area is 219 Å². The van der Waals surface area contributed by atoms with E-state index in [0.29, 0.717) is 25.9 Å². The van der Waals surface area contributed by atoms with Crippen LogP contribution in [0.4, 0.5) is 24.9 Å². The summed E-state index contributed by atoms with van der Waals surface area (Å²) in [5.74, 6) is 0.0262. The third-order valence-electron chi connectivity index (χ3n) is 7.30. The Morgan fingerprint density at radius 1 is 1.08 bits per heavy atom. The molecule has 10 heteroatoms. The molecule has 3 rings (SSSR count). The number of carbonyl (C=O) groups excluding carboxylic acids is 1. The second kappa shape index (κ2) is 13.4. The Morgan fingerprint density at radius 2 is 1.81 bits per heavy atom. The number of piperidine rings is 2. The second-order valence-corrected chi connectivity index (χ2v) is 10.8. The van der Waals surface area contributed by atoms with Crippen molar-refractivity contribution in [2.24, 2.45) is 5.41 Å². The molecule has 1 aromatic heterocycles. The van der Waals surface area contributed by atoms with Crippen LogP contribution in [-0.4, -0.2) is 64.9 Å². The minimum absolute atomic E-state index is 0.119. The number of carbonyl (C=O) groups is 1. The number of halogens is 3. The maximum Gasteiger partial charge on any atom is 0.421 e. The average Bonchev–Trinajstić information content (AvgIpc) is 2.86. The Hall–Kier alpha value is -2.36. The zero-order valence-electron chi connectivity index (χ0n) is 22.6. The number of hydrogen-bond acceptors (Lipinski definition) is 6. The minimum Gasteiger partial charge on any atom is -0.369 e. The highest BCUT2D eigenvalue weighted by Gasteiger charge is 2.35. The predicted octanol–water partition coefficient (Wildman–Crippen LogP) is 5.92. The molecule has 0 radical (unpaired) electrons. The van der Waals surface area contributed by atoms with Gasteiger partial charge in [-0.25, -0.2) is 4.98 Å². The van der Waals surface area contributed by atoms with E-state index in [1.54, 1.807) is 4.90 Å². The van der Waals surface area contributed by atoms with Crippen molar-refractivity contribution in [3.05, 3.63) is 23.5 Å². The standard InChI is InChI=1S/C27H43F3N6O/c1-4-11-22(26(2,3)13-19-35-15-7-5-8-16-35)33-25-32-20-21(27(28,29)30)24(34-25)31-14-10-18-36-17-9-6-12-23(36)37/h11,20H,4-10,12-19H2,1-3H3,(H2,31,32,33,34)/b22-11+. The minimum atomic E-state index is -4.57. The van der Waals surface area contributed by atoms with Gasteiger partial charge in [-0.15, -0.1) is 0 Å². The van der Waals surface area contributed by atoms with Crippen LogP contribution in [0.1, 0.15) is 84.1 Å². The summed E-state index contributed by atoms with van der Waals surface area (Å²) in [6.07, 6.45) is 6.79. The van der Waals surface area contributed by atoms with Crippen LogP contribution in [0.25, 0.3) is 0 Å². The Kier molecular flexibility index (Phi) is 10.6. The van der Waals surface area contributed by atoms with Crippen LogP contribution >= 0.6 is 0 Å². The number of amides is 1. The number of likely N-dealkylation sites (tertiary alicyclic amines) is 2. The van der Waals surface area contributed by atoms with E-state index in [1.807, 2.05) is 6.92 Å². The van der Waals surface area contributed by atoms with Crippen molar-refractivity contribution in [3.63, 3.8) is 0 Å². The molecular weight excluding hydrogens is 481 g/mol. The Balaban J connectivity index is 1.66. The predicted molar refractivity (Wildman–Crippen MR) is 141 cm³/mol. The Morgan fingerprint density at radius 3 is 2.49 bits per heavy atom. The van der Waals surface area contributed by atoms with Gasteiger partial charge in [-0.05, 0) is 64.6 Å². The maximum atomic E-state index is 13.7. The van der Waals surface area contributed by atoms with E-state index in [2.05, 4.69) is 45.4 Å². The van der Waals surface area contributed by atoms with Gasteiger partial charge in [0.2, 0.25) is 11.9 Å². The number of anilines is 2. The molecule has 37 heavy (non-hydrogen) atoms. The summed E-state index contributed by atoms with van der Waals surface area (Å²) in [6, 6.07) is 0. The van der Waals surface area contributed by atoms with Crippen molar-refractivity contribution in [1.29, 1.82) is 0 Å². The molecular formula is C27H43F3N6O. The van der Waals surface area contributed by atoms with Crippen molar-refractivity contribution in [2.45, 2.75) is 84.7 Å². The van der Waals surface area contributed by atoms with Crippen molar-refractivity contribution in [1.82, 2.24) is 19.8 Å². The summed E-state index contributed by atoms with van der Waals surface area (Å²) in [7, 11) is 0. The summed E-state index contributed by atoms with van der Waals surface area (Å²) in [4.78, 5) is 24.5. The van der Waals surface area contributed by atoms with Crippen molar-refractivity contribution in [3.8, 4) is 0 Å². The van der Waals surface area contributed by atoms with Gasteiger partial charge in [0.05, 0.1) is 0 Å². The van der Waals surface area contributed by atoms with Gasteiger partial charge in [-0.2, -0.15) is 18.2 Å². The van der Waals surface area contributed by atoms with Gasteiger partial charge >= 0.3 is 6.18 Å². The highest BCUT2D eigenvalue weighted by atomic mass is 19.4. The van der Waals surface area contributed by atoms with Crippen molar-refractivity contribution >= 4 is 17.7 Å². The number of nitrogens with one attached hydrogen (secondary N) is 2. The van der Waals surface area contributed by atoms with Crippen LogP contribution in [0.3, 0.4) is 0 Å². The molecule has 0 saturated carbocycles. The molecule has 0 bridgehead atoms. The molecule has 2 N–H and O–H groups in total. The number of aromatic nitrogens is 2. The zero-order chi connectivity index (χ0) is 26.9. The van der Waals surface area contributed by atoms with E-state index < -0.39 is 11.7 Å². The highest BCUT2D eigenvalue weighted by molar-refractivity contribution is 5.76. The van der Waals surface area contributed by atoms with Crippen LogP contribution < -0.4 is 10.6 Å². The first-order valence-electron chi connectivity index (χ1n) is 13.8. The maximum absolute atomic E-state index is 13.7. The van der Waals surface area contributed by atoms with Crippen LogP contribution in [0.15, 0.2) is 18.0 Å². The molecule has 0 aromatic carbocycles. The molecule has 0 atom stereocenters. The first-order valence-corrected chi connectivity index (χ1v) is 13.8. The fraction of sp³-hybridized carbons (Fsp3) is 0.741. The van der Waals surface area contributed by atoms with Gasteiger partial charge in [0.15, 0.2) is 0 Å². The first kappa shape index (κ1) is 29.2. The number of hydrogen-bond donors (Lipinski definition) is 2. The number of rotatable bonds is 12. The highest BCUT2D eigenvalue weighted by Crippen LogP contribution is 2.35. The molecule has 2 fully saturated rings. The SMILES string of the molecule is CC/C=C(/Nc1ncc(C(F)(F)F)c(NCCCN2CCCCC2=O)n1)C(C)(C)CCN1CCCCC1. The molecule has 0 aliphatic carbocycles. The molecule has 2 aliphatic rings. The molecule has 1 aromatic rings. The first-order chi connectivity index (χ1) is 17.6. The van der Waals surface area contributed by atoms with E-state index in [1.165, 1.54) is 19.3 Å². The molecule has 1 amide bonds. The van der Waals surface area contributed by atoms with Gasteiger partial charge in [0.1, 0.15) is 11.4 Å². The smallest absolute Gasteiger partial charge is 0.369 e. The summed E-state index contributed by atoms with van der Waals surface area (Å²) >= 11 is 0. The van der Waals surface area contributed by atoms with Crippen LogP contribution in [0.5, 0.6) is 0 Å².